The van der Waals surface area contributed by atoms with Gasteiger partial charge in [0.25, 0.3) is 0 Å². The first-order valence-corrected chi connectivity index (χ1v) is 10.5. The van der Waals surface area contributed by atoms with Gasteiger partial charge in [-0.2, -0.15) is 0 Å². The lowest BCUT2D eigenvalue weighted by molar-refractivity contribution is -0.116. The minimum Gasteiger partial charge on any atom is -0.326 e. The van der Waals surface area contributed by atoms with Crippen LogP contribution >= 0.6 is 11.8 Å². The van der Waals surface area contributed by atoms with Crippen LogP contribution in [0.3, 0.4) is 0 Å². The van der Waals surface area contributed by atoms with Crippen LogP contribution in [0, 0.1) is 0 Å². The summed E-state index contributed by atoms with van der Waals surface area (Å²) in [5, 5.41) is 2.86. The minimum absolute atomic E-state index is 0.0194. The number of amides is 2. The molecular formula is C22H26N2O2S. The van der Waals surface area contributed by atoms with Gasteiger partial charge >= 0.3 is 0 Å². The fourth-order valence-electron chi connectivity index (χ4n) is 3.19. The number of hydrogen-bond donors (Lipinski definition) is 1. The average Bonchev–Trinajstić information content (AvgIpc) is 3.03. The largest absolute Gasteiger partial charge is 0.326 e. The van der Waals surface area contributed by atoms with E-state index in [4.69, 9.17) is 0 Å². The highest BCUT2D eigenvalue weighted by Gasteiger charge is 2.34. The lowest BCUT2D eigenvalue weighted by atomic mass is 10.0. The summed E-state index contributed by atoms with van der Waals surface area (Å²) in [6.07, 6.45) is 1.33. The molecule has 1 aliphatic heterocycles. The molecule has 3 rings (SSSR count). The van der Waals surface area contributed by atoms with Crippen molar-refractivity contribution in [2.75, 3.05) is 16.0 Å². The third-order valence-electron chi connectivity index (χ3n) is 4.64. The Hall–Kier alpha value is -2.27. The summed E-state index contributed by atoms with van der Waals surface area (Å²) < 4.78 is 0. The van der Waals surface area contributed by atoms with E-state index < -0.39 is 0 Å². The number of anilines is 2. The number of hydrogen-bond acceptors (Lipinski definition) is 3. The molecule has 1 aliphatic rings. The highest BCUT2D eigenvalue weighted by Crippen LogP contribution is 2.42. The number of nitrogens with zero attached hydrogens (tertiary/aromatic N) is 1. The lowest BCUT2D eigenvalue weighted by Crippen LogP contribution is -2.27. The third kappa shape index (κ3) is 4.53. The number of benzene rings is 2. The van der Waals surface area contributed by atoms with Crippen molar-refractivity contribution in [1.29, 1.82) is 0 Å². The van der Waals surface area contributed by atoms with Crippen LogP contribution in [0.2, 0.25) is 0 Å². The van der Waals surface area contributed by atoms with Gasteiger partial charge in [-0.15, -0.1) is 11.8 Å². The van der Waals surface area contributed by atoms with E-state index in [2.05, 4.69) is 31.3 Å². The summed E-state index contributed by atoms with van der Waals surface area (Å²) in [5.74, 6) is 1.05. The quantitative estimate of drug-likeness (QED) is 0.735. The van der Waals surface area contributed by atoms with Crippen LogP contribution in [-0.2, 0) is 9.59 Å². The molecule has 27 heavy (non-hydrogen) atoms. The molecular weight excluding hydrogens is 356 g/mol. The number of carbonyl (C=O) groups is 2. The monoisotopic (exact) mass is 382 g/mol. The van der Waals surface area contributed by atoms with E-state index in [1.54, 1.807) is 11.8 Å². The van der Waals surface area contributed by atoms with Gasteiger partial charge in [-0.1, -0.05) is 45.0 Å². The first kappa shape index (κ1) is 19.5. The van der Waals surface area contributed by atoms with Crippen LogP contribution < -0.4 is 10.2 Å². The van der Waals surface area contributed by atoms with Crippen LogP contribution in [0.15, 0.2) is 48.5 Å². The van der Waals surface area contributed by atoms with Crippen LogP contribution in [0.4, 0.5) is 11.4 Å². The van der Waals surface area contributed by atoms with E-state index in [1.165, 1.54) is 5.56 Å². The van der Waals surface area contributed by atoms with Crippen molar-refractivity contribution in [2.24, 2.45) is 0 Å². The smallest absolute Gasteiger partial charge is 0.238 e. The van der Waals surface area contributed by atoms with E-state index in [1.807, 2.05) is 48.2 Å². The van der Waals surface area contributed by atoms with Crippen molar-refractivity contribution < 1.29 is 9.59 Å². The first-order chi connectivity index (χ1) is 13.0. The summed E-state index contributed by atoms with van der Waals surface area (Å²) in [5.41, 5.74) is 3.98. The zero-order valence-electron chi connectivity index (χ0n) is 16.1. The number of thioether (sulfide) groups is 1. The first-order valence-electron chi connectivity index (χ1n) is 9.43. The van der Waals surface area contributed by atoms with Gasteiger partial charge in [-0.05, 0) is 47.7 Å². The second-order valence-electron chi connectivity index (χ2n) is 7.10. The molecule has 0 bridgehead atoms. The Bertz CT molecular complexity index is 817. The number of carbonyl (C=O) groups excluding carboxylic acids is 2. The second-order valence-corrected chi connectivity index (χ2v) is 8.17. The zero-order chi connectivity index (χ0) is 19.4. The van der Waals surface area contributed by atoms with Crippen molar-refractivity contribution in [3.8, 4) is 0 Å². The van der Waals surface area contributed by atoms with Crippen LogP contribution in [0.25, 0.3) is 0 Å². The average molecular weight is 383 g/mol. The topological polar surface area (TPSA) is 49.4 Å². The van der Waals surface area contributed by atoms with E-state index in [9.17, 15) is 9.59 Å². The highest BCUT2D eigenvalue weighted by molar-refractivity contribution is 8.00. The summed E-state index contributed by atoms with van der Waals surface area (Å²) in [6, 6.07) is 16.0. The molecule has 0 aliphatic carbocycles. The zero-order valence-corrected chi connectivity index (χ0v) is 16.9. The molecule has 0 spiro atoms. The van der Waals surface area contributed by atoms with Gasteiger partial charge < -0.3 is 5.32 Å². The van der Waals surface area contributed by atoms with Gasteiger partial charge in [0.15, 0.2) is 0 Å². The van der Waals surface area contributed by atoms with E-state index in [0.717, 1.165) is 23.4 Å². The Balaban J connectivity index is 1.84. The predicted molar refractivity (Wildman–Crippen MR) is 113 cm³/mol. The van der Waals surface area contributed by atoms with Gasteiger partial charge in [0.2, 0.25) is 11.8 Å². The molecule has 0 unspecified atom stereocenters. The number of nitrogens with one attached hydrogen (secondary N) is 1. The van der Waals surface area contributed by atoms with E-state index in [-0.39, 0.29) is 17.2 Å². The molecule has 0 saturated carbocycles. The molecule has 0 aromatic heterocycles. The Morgan fingerprint density at radius 1 is 1.22 bits per heavy atom. The van der Waals surface area contributed by atoms with Crippen molar-refractivity contribution in [3.63, 3.8) is 0 Å². The molecule has 142 valence electrons. The Labute approximate surface area is 165 Å². The third-order valence-corrected chi connectivity index (χ3v) is 5.85. The molecule has 1 N–H and O–H groups in total. The van der Waals surface area contributed by atoms with Gasteiger partial charge in [0.1, 0.15) is 5.37 Å². The molecule has 1 heterocycles. The van der Waals surface area contributed by atoms with Gasteiger partial charge in [-0.3, -0.25) is 14.5 Å². The van der Waals surface area contributed by atoms with E-state index >= 15 is 0 Å². The molecule has 5 heteroatoms. The maximum atomic E-state index is 12.6. The normalized spacial score (nSPS) is 16.8. The number of rotatable bonds is 6. The van der Waals surface area contributed by atoms with Gasteiger partial charge in [0, 0.05) is 17.8 Å². The van der Waals surface area contributed by atoms with Crippen molar-refractivity contribution in [2.45, 2.75) is 44.9 Å². The Morgan fingerprint density at radius 3 is 2.63 bits per heavy atom. The van der Waals surface area contributed by atoms with Crippen LogP contribution in [0.5, 0.6) is 0 Å². The van der Waals surface area contributed by atoms with Crippen molar-refractivity contribution in [1.82, 2.24) is 0 Å². The van der Waals surface area contributed by atoms with Gasteiger partial charge in [0.05, 0.1) is 5.75 Å². The molecule has 2 aromatic carbocycles. The molecule has 1 atom stereocenters. The fourth-order valence-corrected chi connectivity index (χ4v) is 4.36. The molecule has 0 radical (unpaired) electrons. The maximum Gasteiger partial charge on any atom is 0.238 e. The van der Waals surface area contributed by atoms with Crippen molar-refractivity contribution in [3.05, 3.63) is 59.7 Å². The molecule has 1 saturated heterocycles. The Morgan fingerprint density at radius 2 is 1.96 bits per heavy atom. The van der Waals surface area contributed by atoms with E-state index in [0.29, 0.717) is 18.1 Å². The second kappa shape index (κ2) is 8.61. The minimum atomic E-state index is -0.0783. The van der Waals surface area contributed by atoms with Crippen molar-refractivity contribution >= 4 is 35.0 Å². The van der Waals surface area contributed by atoms with Crippen LogP contribution in [0.1, 0.15) is 56.0 Å². The maximum absolute atomic E-state index is 12.6. The predicted octanol–water partition coefficient (Wildman–Crippen LogP) is 5.33. The molecule has 2 aromatic rings. The standard InChI is InChI=1S/C22H26N2O2S/c1-4-6-20(25)23-18-8-5-7-17(13-18)22-24(21(26)14-27-22)19-11-9-16(10-12-19)15(2)3/h5,7-13,15,22H,4,6,14H2,1-3H3,(H,23,25)/t22-/m0/s1. The fraction of sp³-hybridized carbons (Fsp3) is 0.364. The summed E-state index contributed by atoms with van der Waals surface area (Å²) >= 11 is 1.62. The summed E-state index contributed by atoms with van der Waals surface area (Å²) in [7, 11) is 0. The molecule has 1 fully saturated rings. The SMILES string of the molecule is CCCC(=O)Nc1cccc([C@@H]2SCC(=O)N2c2ccc(C(C)C)cc2)c1. The molecule has 4 nitrogen and oxygen atoms in total. The van der Waals surface area contributed by atoms with Crippen LogP contribution in [-0.4, -0.2) is 17.6 Å². The lowest BCUT2D eigenvalue weighted by Gasteiger charge is -2.25. The summed E-state index contributed by atoms with van der Waals surface area (Å²) in [6.45, 7) is 6.30. The van der Waals surface area contributed by atoms with Gasteiger partial charge in [-0.25, -0.2) is 0 Å². The Kier molecular flexibility index (Phi) is 6.22. The molecule has 2 amide bonds. The summed E-state index contributed by atoms with van der Waals surface area (Å²) in [4.78, 5) is 26.3. The highest BCUT2D eigenvalue weighted by atomic mass is 32.2.